The molecule has 1 aliphatic heterocycles. The number of likely N-dealkylation sites (tertiary alicyclic amines) is 1. The molecule has 0 spiro atoms. The lowest BCUT2D eigenvalue weighted by Gasteiger charge is -2.34. The van der Waals surface area contributed by atoms with Gasteiger partial charge in [0.15, 0.2) is 0 Å². The fraction of sp³-hybridized carbons (Fsp3) is 0.667. The van der Waals surface area contributed by atoms with Gasteiger partial charge < -0.3 is 19.4 Å². The molecule has 1 amide bonds. The van der Waals surface area contributed by atoms with E-state index < -0.39 is 5.60 Å². The third kappa shape index (κ3) is 4.56. The van der Waals surface area contributed by atoms with Gasteiger partial charge in [-0.2, -0.15) is 0 Å². The van der Waals surface area contributed by atoms with Gasteiger partial charge in [-0.15, -0.1) is 0 Å². The maximum atomic E-state index is 12.1. The quantitative estimate of drug-likeness (QED) is 0.925. The highest BCUT2D eigenvalue weighted by Gasteiger charge is 2.27. The summed E-state index contributed by atoms with van der Waals surface area (Å²) >= 11 is 0. The van der Waals surface area contributed by atoms with Crippen LogP contribution in [-0.4, -0.2) is 35.7 Å². The first-order valence-corrected chi connectivity index (χ1v) is 7.16. The summed E-state index contributed by atoms with van der Waals surface area (Å²) in [5.41, 5.74) is 0.688. The molecule has 1 N–H and O–H groups in total. The zero-order chi connectivity index (χ0) is 14.6. The van der Waals surface area contributed by atoms with Crippen molar-refractivity contribution in [3.8, 4) is 0 Å². The van der Waals surface area contributed by atoms with Crippen LogP contribution in [0.2, 0.25) is 0 Å². The van der Waals surface area contributed by atoms with Gasteiger partial charge in [0.1, 0.15) is 5.60 Å². The van der Waals surface area contributed by atoms with Crippen molar-refractivity contribution < 1.29 is 13.9 Å². The van der Waals surface area contributed by atoms with Crippen LogP contribution in [0.25, 0.3) is 0 Å². The van der Waals surface area contributed by atoms with Gasteiger partial charge in [-0.3, -0.25) is 0 Å². The minimum Gasteiger partial charge on any atom is -0.472 e. The SMILES string of the molecule is CC(C)(C)OC(=O)N1CCCC(NCc2ccoc2)C1. The second-order valence-electron chi connectivity index (χ2n) is 6.28. The van der Waals surface area contributed by atoms with Crippen molar-refractivity contribution in [2.45, 2.75) is 51.8 Å². The molecule has 2 heterocycles. The Labute approximate surface area is 120 Å². The van der Waals surface area contributed by atoms with Crippen LogP contribution in [0.15, 0.2) is 23.0 Å². The molecule has 1 fully saturated rings. The molecule has 1 unspecified atom stereocenters. The molecule has 2 rings (SSSR count). The summed E-state index contributed by atoms with van der Waals surface area (Å²) < 4.78 is 10.5. The topological polar surface area (TPSA) is 54.7 Å². The predicted molar refractivity (Wildman–Crippen MR) is 76.4 cm³/mol. The van der Waals surface area contributed by atoms with Gasteiger partial charge in [0.2, 0.25) is 0 Å². The van der Waals surface area contributed by atoms with Gasteiger partial charge >= 0.3 is 6.09 Å². The number of ether oxygens (including phenoxy) is 1. The summed E-state index contributed by atoms with van der Waals surface area (Å²) in [6.07, 6.45) is 5.28. The lowest BCUT2D eigenvalue weighted by Crippen LogP contribution is -2.49. The number of hydrogen-bond acceptors (Lipinski definition) is 4. The second kappa shape index (κ2) is 6.31. The molecule has 0 bridgehead atoms. The van der Waals surface area contributed by atoms with E-state index in [-0.39, 0.29) is 6.09 Å². The van der Waals surface area contributed by atoms with Gasteiger partial charge in [0, 0.05) is 31.2 Å². The average Bonchev–Trinajstić information content (AvgIpc) is 2.88. The zero-order valence-electron chi connectivity index (χ0n) is 12.5. The number of nitrogens with one attached hydrogen (secondary N) is 1. The van der Waals surface area contributed by atoms with Gasteiger partial charge in [-0.05, 0) is 39.7 Å². The van der Waals surface area contributed by atoms with E-state index in [9.17, 15) is 4.79 Å². The standard InChI is InChI=1S/C15H24N2O3/c1-15(2,3)20-14(18)17-7-4-5-13(10-17)16-9-12-6-8-19-11-12/h6,8,11,13,16H,4-5,7,9-10H2,1-3H3. The Hall–Kier alpha value is -1.49. The van der Waals surface area contributed by atoms with Crippen LogP contribution in [-0.2, 0) is 11.3 Å². The smallest absolute Gasteiger partial charge is 0.410 e. The highest BCUT2D eigenvalue weighted by molar-refractivity contribution is 5.68. The van der Waals surface area contributed by atoms with E-state index in [1.54, 1.807) is 17.4 Å². The molecule has 1 atom stereocenters. The van der Waals surface area contributed by atoms with Gasteiger partial charge in [-0.25, -0.2) is 4.79 Å². The average molecular weight is 280 g/mol. The number of nitrogens with zero attached hydrogens (tertiary/aromatic N) is 1. The maximum Gasteiger partial charge on any atom is 0.410 e. The van der Waals surface area contributed by atoms with Crippen LogP contribution in [0, 0.1) is 0 Å². The summed E-state index contributed by atoms with van der Waals surface area (Å²) in [6.45, 7) is 7.92. The third-order valence-corrected chi connectivity index (χ3v) is 3.25. The molecule has 5 heteroatoms. The molecule has 1 aromatic heterocycles. The fourth-order valence-corrected chi connectivity index (χ4v) is 2.29. The van der Waals surface area contributed by atoms with Crippen LogP contribution < -0.4 is 5.32 Å². The van der Waals surface area contributed by atoms with E-state index >= 15 is 0 Å². The van der Waals surface area contributed by atoms with Crippen molar-refractivity contribution in [3.05, 3.63) is 24.2 Å². The van der Waals surface area contributed by atoms with Gasteiger partial charge in [-0.1, -0.05) is 0 Å². The Morgan fingerprint density at radius 2 is 2.35 bits per heavy atom. The minimum absolute atomic E-state index is 0.215. The molecule has 0 aliphatic carbocycles. The fourth-order valence-electron chi connectivity index (χ4n) is 2.29. The molecule has 0 radical (unpaired) electrons. The third-order valence-electron chi connectivity index (χ3n) is 3.25. The van der Waals surface area contributed by atoms with E-state index in [0.29, 0.717) is 12.6 Å². The van der Waals surface area contributed by atoms with Crippen molar-refractivity contribution >= 4 is 6.09 Å². The van der Waals surface area contributed by atoms with E-state index in [2.05, 4.69) is 5.32 Å². The minimum atomic E-state index is -0.436. The first-order valence-electron chi connectivity index (χ1n) is 7.16. The molecule has 1 aromatic rings. The second-order valence-corrected chi connectivity index (χ2v) is 6.28. The normalized spacial score (nSPS) is 19.9. The van der Waals surface area contributed by atoms with Crippen molar-refractivity contribution in [2.24, 2.45) is 0 Å². The molecule has 0 aromatic carbocycles. The monoisotopic (exact) mass is 280 g/mol. The van der Waals surface area contributed by atoms with Gasteiger partial charge in [0.25, 0.3) is 0 Å². The molecule has 1 saturated heterocycles. The Kier molecular flexibility index (Phi) is 4.70. The Bertz CT molecular complexity index is 423. The molecule has 20 heavy (non-hydrogen) atoms. The molecular weight excluding hydrogens is 256 g/mol. The summed E-state index contributed by atoms with van der Waals surface area (Å²) in [4.78, 5) is 13.8. The van der Waals surface area contributed by atoms with E-state index in [1.807, 2.05) is 26.8 Å². The number of piperidine rings is 1. The van der Waals surface area contributed by atoms with Crippen molar-refractivity contribution in [3.63, 3.8) is 0 Å². The number of furan rings is 1. The Morgan fingerprint density at radius 1 is 1.55 bits per heavy atom. The summed E-state index contributed by atoms with van der Waals surface area (Å²) in [7, 11) is 0. The number of rotatable bonds is 3. The van der Waals surface area contributed by atoms with E-state index in [4.69, 9.17) is 9.15 Å². The highest BCUT2D eigenvalue weighted by atomic mass is 16.6. The number of carbonyl (C=O) groups excluding carboxylic acids is 1. The predicted octanol–water partition coefficient (Wildman–Crippen LogP) is 2.77. The Balaban J connectivity index is 1.80. The first-order chi connectivity index (χ1) is 9.44. The number of hydrogen-bond donors (Lipinski definition) is 1. The molecule has 112 valence electrons. The highest BCUT2D eigenvalue weighted by Crippen LogP contribution is 2.15. The van der Waals surface area contributed by atoms with Crippen LogP contribution in [0.5, 0.6) is 0 Å². The van der Waals surface area contributed by atoms with Crippen LogP contribution in [0.3, 0.4) is 0 Å². The Morgan fingerprint density at radius 3 is 3.00 bits per heavy atom. The van der Waals surface area contributed by atoms with Crippen molar-refractivity contribution in [1.82, 2.24) is 10.2 Å². The van der Waals surface area contributed by atoms with Crippen LogP contribution in [0.4, 0.5) is 4.79 Å². The van der Waals surface area contributed by atoms with Crippen LogP contribution >= 0.6 is 0 Å². The number of amides is 1. The summed E-state index contributed by atoms with van der Waals surface area (Å²) in [5, 5.41) is 3.46. The lowest BCUT2D eigenvalue weighted by molar-refractivity contribution is 0.0187. The van der Waals surface area contributed by atoms with E-state index in [0.717, 1.165) is 31.5 Å². The van der Waals surface area contributed by atoms with Crippen molar-refractivity contribution in [2.75, 3.05) is 13.1 Å². The lowest BCUT2D eigenvalue weighted by atomic mass is 10.1. The van der Waals surface area contributed by atoms with Crippen LogP contribution in [0.1, 0.15) is 39.2 Å². The molecular formula is C15H24N2O3. The maximum absolute atomic E-state index is 12.1. The summed E-state index contributed by atoms with van der Waals surface area (Å²) in [5.74, 6) is 0. The molecule has 5 nitrogen and oxygen atoms in total. The number of carbonyl (C=O) groups is 1. The molecule has 0 saturated carbocycles. The van der Waals surface area contributed by atoms with E-state index in [1.165, 1.54) is 0 Å². The largest absolute Gasteiger partial charge is 0.472 e. The molecule has 1 aliphatic rings. The van der Waals surface area contributed by atoms with Crippen molar-refractivity contribution in [1.29, 1.82) is 0 Å². The summed E-state index contributed by atoms with van der Waals surface area (Å²) in [6, 6.07) is 2.26. The zero-order valence-corrected chi connectivity index (χ0v) is 12.5. The van der Waals surface area contributed by atoms with Gasteiger partial charge in [0.05, 0.1) is 12.5 Å². The first kappa shape index (κ1) is 14.9.